The zero-order valence-electron chi connectivity index (χ0n) is 7.44. The fourth-order valence-electron chi connectivity index (χ4n) is 1.35. The molecular formula is C9H9BrN4. The van der Waals surface area contributed by atoms with Gasteiger partial charge in [0.05, 0.1) is 4.47 Å². The molecule has 1 aliphatic rings. The Bertz CT molecular complexity index is 475. The van der Waals surface area contributed by atoms with Crippen LogP contribution in [0.3, 0.4) is 0 Å². The van der Waals surface area contributed by atoms with Crippen LogP contribution in [0.2, 0.25) is 0 Å². The molecule has 1 fully saturated rings. The van der Waals surface area contributed by atoms with Crippen molar-refractivity contribution in [3.05, 3.63) is 22.8 Å². The number of rotatable bonds is 2. The summed E-state index contributed by atoms with van der Waals surface area (Å²) >= 11 is 3.44. The van der Waals surface area contributed by atoms with E-state index in [4.69, 9.17) is 0 Å². The van der Waals surface area contributed by atoms with Crippen molar-refractivity contribution in [3.8, 4) is 0 Å². The lowest BCUT2D eigenvalue weighted by molar-refractivity contribution is 0.947. The first-order valence-corrected chi connectivity index (χ1v) is 5.40. The molecule has 5 heteroatoms. The molecule has 4 nitrogen and oxygen atoms in total. The summed E-state index contributed by atoms with van der Waals surface area (Å²) in [5.41, 5.74) is 0.857. The fraction of sp³-hybridized carbons (Fsp3) is 0.333. The Balaban J connectivity index is 2.05. The number of fused-ring (bicyclic) bond motifs is 1. The lowest BCUT2D eigenvalue weighted by Gasteiger charge is -1.93. The first kappa shape index (κ1) is 8.23. The molecule has 3 rings (SSSR count). The second kappa shape index (κ2) is 2.95. The zero-order valence-corrected chi connectivity index (χ0v) is 9.03. The van der Waals surface area contributed by atoms with Crippen LogP contribution in [-0.2, 0) is 0 Å². The lowest BCUT2D eigenvalue weighted by atomic mass is 10.5. The van der Waals surface area contributed by atoms with Gasteiger partial charge in [-0.2, -0.15) is 4.98 Å². The van der Waals surface area contributed by atoms with E-state index in [0.29, 0.717) is 6.04 Å². The van der Waals surface area contributed by atoms with Gasteiger partial charge < -0.3 is 5.32 Å². The maximum Gasteiger partial charge on any atom is 0.243 e. The van der Waals surface area contributed by atoms with Crippen molar-refractivity contribution >= 4 is 27.5 Å². The summed E-state index contributed by atoms with van der Waals surface area (Å²) < 4.78 is 2.74. The molecule has 0 aromatic carbocycles. The van der Waals surface area contributed by atoms with Crippen molar-refractivity contribution in [2.45, 2.75) is 18.9 Å². The molecular weight excluding hydrogens is 244 g/mol. The number of halogens is 1. The van der Waals surface area contributed by atoms with Crippen LogP contribution in [0.15, 0.2) is 22.8 Å². The van der Waals surface area contributed by atoms with Gasteiger partial charge in [0, 0.05) is 12.2 Å². The van der Waals surface area contributed by atoms with E-state index in [1.807, 2.05) is 18.3 Å². The van der Waals surface area contributed by atoms with Crippen LogP contribution in [0, 0.1) is 0 Å². The van der Waals surface area contributed by atoms with Gasteiger partial charge in [0.2, 0.25) is 5.95 Å². The van der Waals surface area contributed by atoms with Crippen molar-refractivity contribution < 1.29 is 0 Å². The van der Waals surface area contributed by atoms with Gasteiger partial charge in [-0.3, -0.25) is 0 Å². The quantitative estimate of drug-likeness (QED) is 0.890. The van der Waals surface area contributed by atoms with Crippen LogP contribution < -0.4 is 5.32 Å². The molecule has 0 aliphatic heterocycles. The smallest absolute Gasteiger partial charge is 0.243 e. The van der Waals surface area contributed by atoms with Crippen LogP contribution in [0.1, 0.15) is 12.8 Å². The number of hydrogen-bond acceptors (Lipinski definition) is 3. The molecule has 14 heavy (non-hydrogen) atoms. The lowest BCUT2D eigenvalue weighted by Crippen LogP contribution is -2.02. The molecule has 2 aromatic rings. The predicted octanol–water partition coefficient (Wildman–Crippen LogP) is 2.07. The summed E-state index contributed by atoms with van der Waals surface area (Å²) in [6.07, 6.45) is 4.36. The van der Waals surface area contributed by atoms with Crippen LogP contribution >= 0.6 is 15.9 Å². The molecule has 2 heterocycles. The second-order valence-corrected chi connectivity index (χ2v) is 4.33. The molecule has 1 N–H and O–H groups in total. The van der Waals surface area contributed by atoms with E-state index in [0.717, 1.165) is 16.1 Å². The molecule has 0 unspecified atom stereocenters. The van der Waals surface area contributed by atoms with Gasteiger partial charge in [0.25, 0.3) is 0 Å². The van der Waals surface area contributed by atoms with Crippen molar-refractivity contribution in [1.29, 1.82) is 0 Å². The third-order valence-corrected chi connectivity index (χ3v) is 2.84. The van der Waals surface area contributed by atoms with Crippen molar-refractivity contribution in [2.75, 3.05) is 5.32 Å². The average Bonchev–Trinajstić information content (AvgIpc) is 2.84. The minimum atomic E-state index is 0.589. The molecule has 1 saturated carbocycles. The van der Waals surface area contributed by atoms with E-state index >= 15 is 0 Å². The molecule has 0 atom stereocenters. The third kappa shape index (κ3) is 1.37. The van der Waals surface area contributed by atoms with Crippen LogP contribution in [0.25, 0.3) is 5.65 Å². The maximum absolute atomic E-state index is 4.39. The molecule has 0 spiro atoms. The van der Waals surface area contributed by atoms with Gasteiger partial charge in [-0.15, -0.1) is 5.10 Å². The number of anilines is 1. The molecule has 0 saturated heterocycles. The summed E-state index contributed by atoms with van der Waals surface area (Å²) in [6, 6.07) is 4.49. The molecule has 0 amide bonds. The summed E-state index contributed by atoms with van der Waals surface area (Å²) in [6.45, 7) is 0. The number of aromatic nitrogens is 3. The Hall–Kier alpha value is -1.10. The van der Waals surface area contributed by atoms with Gasteiger partial charge in [0.1, 0.15) is 0 Å². The molecule has 0 bridgehead atoms. The normalized spacial score (nSPS) is 16.1. The van der Waals surface area contributed by atoms with Gasteiger partial charge in [-0.05, 0) is 40.9 Å². The Morgan fingerprint density at radius 3 is 3.07 bits per heavy atom. The van der Waals surface area contributed by atoms with Crippen molar-refractivity contribution in [1.82, 2.24) is 14.6 Å². The van der Waals surface area contributed by atoms with E-state index in [2.05, 4.69) is 31.3 Å². The van der Waals surface area contributed by atoms with Gasteiger partial charge >= 0.3 is 0 Å². The fourth-order valence-corrected chi connectivity index (χ4v) is 1.77. The topological polar surface area (TPSA) is 42.2 Å². The average molecular weight is 253 g/mol. The van der Waals surface area contributed by atoms with E-state index in [-0.39, 0.29) is 0 Å². The summed E-state index contributed by atoms with van der Waals surface area (Å²) in [4.78, 5) is 4.39. The third-order valence-electron chi connectivity index (χ3n) is 2.23. The van der Waals surface area contributed by atoms with Crippen LogP contribution in [0.4, 0.5) is 5.95 Å². The summed E-state index contributed by atoms with van der Waals surface area (Å²) in [5, 5.41) is 7.59. The Morgan fingerprint density at radius 1 is 1.50 bits per heavy atom. The highest BCUT2D eigenvalue weighted by Gasteiger charge is 2.22. The van der Waals surface area contributed by atoms with E-state index < -0.39 is 0 Å². The first-order chi connectivity index (χ1) is 6.83. The molecule has 1 aliphatic carbocycles. The highest BCUT2D eigenvalue weighted by molar-refractivity contribution is 9.10. The minimum absolute atomic E-state index is 0.589. The molecule has 0 radical (unpaired) electrons. The Morgan fingerprint density at radius 2 is 2.36 bits per heavy atom. The highest BCUT2D eigenvalue weighted by atomic mass is 79.9. The second-order valence-electron chi connectivity index (χ2n) is 3.48. The molecule has 72 valence electrons. The van der Waals surface area contributed by atoms with Crippen molar-refractivity contribution in [3.63, 3.8) is 0 Å². The molecule has 2 aromatic heterocycles. The Labute approximate surface area is 89.5 Å². The van der Waals surface area contributed by atoms with Gasteiger partial charge in [0.15, 0.2) is 5.65 Å². The van der Waals surface area contributed by atoms with Crippen LogP contribution in [0.5, 0.6) is 0 Å². The van der Waals surface area contributed by atoms with E-state index in [1.165, 1.54) is 12.8 Å². The number of pyridine rings is 1. The summed E-state index contributed by atoms with van der Waals surface area (Å²) in [5.74, 6) is 0.722. The first-order valence-electron chi connectivity index (χ1n) is 4.60. The van der Waals surface area contributed by atoms with E-state index in [1.54, 1.807) is 4.52 Å². The number of hydrogen-bond donors (Lipinski definition) is 1. The highest BCUT2D eigenvalue weighted by Crippen LogP contribution is 2.24. The summed E-state index contributed by atoms with van der Waals surface area (Å²) in [7, 11) is 0. The van der Waals surface area contributed by atoms with Gasteiger partial charge in [-0.1, -0.05) is 0 Å². The van der Waals surface area contributed by atoms with Crippen LogP contribution in [-0.4, -0.2) is 20.6 Å². The minimum Gasteiger partial charge on any atom is -0.350 e. The monoisotopic (exact) mass is 252 g/mol. The number of nitrogens with one attached hydrogen (secondary N) is 1. The van der Waals surface area contributed by atoms with E-state index in [9.17, 15) is 0 Å². The van der Waals surface area contributed by atoms with Crippen molar-refractivity contribution in [2.24, 2.45) is 0 Å². The van der Waals surface area contributed by atoms with Gasteiger partial charge in [-0.25, -0.2) is 4.52 Å². The number of nitrogens with zero attached hydrogens (tertiary/aromatic N) is 3. The Kier molecular flexibility index (Phi) is 1.73. The standard InChI is InChI=1S/C9H9BrN4/c10-7-2-1-5-14-8(7)12-9(13-14)11-6-3-4-6/h1-2,5-6H,3-4H2,(H,11,13). The largest absolute Gasteiger partial charge is 0.350 e. The maximum atomic E-state index is 4.39. The predicted molar refractivity (Wildman–Crippen MR) is 57.3 cm³/mol. The zero-order chi connectivity index (χ0) is 9.54. The SMILES string of the molecule is Brc1cccn2nc(NC3CC3)nc12.